The predicted molar refractivity (Wildman–Crippen MR) is 75.2 cm³/mol. The Hall–Kier alpha value is -1.06. The monoisotopic (exact) mass is 248 g/mol. The first-order valence-corrected chi connectivity index (χ1v) is 6.64. The molecule has 0 bridgehead atoms. The van der Waals surface area contributed by atoms with E-state index in [0.29, 0.717) is 0 Å². The molecule has 1 aliphatic carbocycles. The minimum absolute atomic E-state index is 0.263. The highest BCUT2D eigenvalue weighted by Gasteiger charge is 2.23. The first-order valence-electron chi connectivity index (χ1n) is 6.64. The summed E-state index contributed by atoms with van der Waals surface area (Å²) in [6.45, 7) is 3.31. The molecule has 2 aliphatic rings. The van der Waals surface area contributed by atoms with Crippen LogP contribution < -0.4 is 5.32 Å². The maximum Gasteiger partial charge on any atom is 0.0820 e. The van der Waals surface area contributed by atoms with Crippen molar-refractivity contribution in [2.75, 3.05) is 27.7 Å². The third kappa shape index (κ3) is 2.85. The van der Waals surface area contributed by atoms with Crippen molar-refractivity contribution in [1.29, 1.82) is 0 Å². The molecule has 3 heteroatoms. The van der Waals surface area contributed by atoms with Crippen LogP contribution in [0.4, 0.5) is 0 Å². The van der Waals surface area contributed by atoms with Crippen molar-refractivity contribution < 1.29 is 4.74 Å². The van der Waals surface area contributed by atoms with Crippen LogP contribution in [-0.4, -0.2) is 38.8 Å². The van der Waals surface area contributed by atoms with Gasteiger partial charge in [0.1, 0.15) is 0 Å². The van der Waals surface area contributed by atoms with E-state index in [2.05, 4.69) is 43.5 Å². The van der Waals surface area contributed by atoms with Crippen LogP contribution >= 0.6 is 0 Å². The third-order valence-corrected chi connectivity index (χ3v) is 3.82. The van der Waals surface area contributed by atoms with E-state index in [1.165, 1.54) is 22.4 Å². The summed E-state index contributed by atoms with van der Waals surface area (Å²) < 4.78 is 5.53. The summed E-state index contributed by atoms with van der Waals surface area (Å²) in [5, 5.41) is 3.44. The minimum atomic E-state index is 0.263. The molecular formula is C15H24N2O. The molecule has 0 fully saturated rings. The molecule has 100 valence electrons. The predicted octanol–water partition coefficient (Wildman–Crippen LogP) is 2.43. The number of rotatable bonds is 4. The Kier molecular flexibility index (Phi) is 4.25. The van der Waals surface area contributed by atoms with Crippen molar-refractivity contribution in [3.63, 3.8) is 0 Å². The van der Waals surface area contributed by atoms with Gasteiger partial charge in [0.15, 0.2) is 0 Å². The zero-order valence-corrected chi connectivity index (χ0v) is 11.9. The molecule has 0 aromatic carbocycles. The summed E-state index contributed by atoms with van der Waals surface area (Å²) in [4.78, 5) is 2.23. The van der Waals surface area contributed by atoms with Gasteiger partial charge in [-0.2, -0.15) is 0 Å². The molecular weight excluding hydrogens is 224 g/mol. The summed E-state index contributed by atoms with van der Waals surface area (Å²) in [5.41, 5.74) is 5.59. The minimum Gasteiger partial charge on any atom is -0.377 e. The molecule has 0 aromatic heterocycles. The van der Waals surface area contributed by atoms with Gasteiger partial charge in [-0.25, -0.2) is 0 Å². The molecule has 18 heavy (non-hydrogen) atoms. The first kappa shape index (κ1) is 13.4. The molecule has 2 rings (SSSR count). The van der Waals surface area contributed by atoms with Crippen LogP contribution in [0, 0.1) is 0 Å². The zero-order chi connectivity index (χ0) is 13.1. The molecule has 0 saturated heterocycles. The number of ether oxygens (including phenoxy) is 1. The fraction of sp³-hybridized carbons (Fsp3) is 0.600. The smallest absolute Gasteiger partial charge is 0.0820 e. The van der Waals surface area contributed by atoms with Crippen molar-refractivity contribution in [3.8, 4) is 0 Å². The van der Waals surface area contributed by atoms with Crippen molar-refractivity contribution in [3.05, 3.63) is 34.7 Å². The first-order chi connectivity index (χ1) is 8.61. The van der Waals surface area contributed by atoms with Crippen molar-refractivity contribution in [1.82, 2.24) is 10.2 Å². The molecule has 1 N–H and O–H groups in total. The molecule has 1 unspecified atom stereocenters. The highest BCUT2D eigenvalue weighted by molar-refractivity contribution is 5.45. The normalized spacial score (nSPS) is 23.5. The van der Waals surface area contributed by atoms with E-state index in [9.17, 15) is 0 Å². The standard InChI is InChI=1S/C15H24N2O/c1-11-13-9-12(7-8-17(2)3)10-16-14(13)5-6-15(11)18-4/h5,10,15-16H,6-9H2,1-4H3. The topological polar surface area (TPSA) is 24.5 Å². The summed E-state index contributed by atoms with van der Waals surface area (Å²) in [7, 11) is 6.04. The van der Waals surface area contributed by atoms with Crippen LogP contribution in [0.2, 0.25) is 0 Å². The summed E-state index contributed by atoms with van der Waals surface area (Å²) in [5.74, 6) is 0. The Labute approximate surface area is 110 Å². The van der Waals surface area contributed by atoms with Gasteiger partial charge in [0.25, 0.3) is 0 Å². The molecule has 0 aromatic rings. The lowest BCUT2D eigenvalue weighted by molar-refractivity contribution is 0.131. The number of allylic oxidation sites excluding steroid dienone is 1. The van der Waals surface area contributed by atoms with Gasteiger partial charge in [0.2, 0.25) is 0 Å². The van der Waals surface area contributed by atoms with E-state index in [1.54, 1.807) is 7.11 Å². The molecule has 0 saturated carbocycles. The van der Waals surface area contributed by atoms with Crippen molar-refractivity contribution in [2.45, 2.75) is 32.3 Å². The molecule has 0 radical (unpaired) electrons. The lowest BCUT2D eigenvalue weighted by Crippen LogP contribution is -2.25. The van der Waals surface area contributed by atoms with Crippen molar-refractivity contribution in [2.24, 2.45) is 0 Å². The second-order valence-corrected chi connectivity index (χ2v) is 5.42. The number of nitrogens with one attached hydrogen (secondary N) is 1. The van der Waals surface area contributed by atoms with Crippen LogP contribution in [0.3, 0.4) is 0 Å². The second kappa shape index (κ2) is 5.72. The fourth-order valence-electron chi connectivity index (χ4n) is 2.57. The van der Waals surface area contributed by atoms with Gasteiger partial charge in [-0.3, -0.25) is 0 Å². The van der Waals surface area contributed by atoms with Crippen LogP contribution in [-0.2, 0) is 4.74 Å². The van der Waals surface area contributed by atoms with E-state index in [-0.39, 0.29) is 6.10 Å². The number of fused-ring (bicyclic) bond motifs is 1. The third-order valence-electron chi connectivity index (χ3n) is 3.82. The van der Waals surface area contributed by atoms with Crippen molar-refractivity contribution >= 4 is 0 Å². The number of methoxy groups -OCH3 is 1. The van der Waals surface area contributed by atoms with Gasteiger partial charge in [-0.15, -0.1) is 0 Å². The fourth-order valence-corrected chi connectivity index (χ4v) is 2.57. The molecule has 0 spiro atoms. The molecule has 0 amide bonds. The maximum absolute atomic E-state index is 5.53. The lowest BCUT2D eigenvalue weighted by Gasteiger charge is -2.30. The Morgan fingerprint density at radius 1 is 1.44 bits per heavy atom. The highest BCUT2D eigenvalue weighted by atomic mass is 16.5. The lowest BCUT2D eigenvalue weighted by atomic mass is 9.87. The van der Waals surface area contributed by atoms with Crippen LogP contribution in [0.25, 0.3) is 0 Å². The van der Waals surface area contributed by atoms with E-state index < -0.39 is 0 Å². The summed E-state index contributed by atoms with van der Waals surface area (Å²) >= 11 is 0. The molecule has 1 aliphatic heterocycles. The van der Waals surface area contributed by atoms with E-state index in [1.807, 2.05) is 0 Å². The second-order valence-electron chi connectivity index (χ2n) is 5.42. The van der Waals surface area contributed by atoms with E-state index in [0.717, 1.165) is 25.8 Å². The van der Waals surface area contributed by atoms with E-state index in [4.69, 9.17) is 4.74 Å². The summed E-state index contributed by atoms with van der Waals surface area (Å²) in [6.07, 6.45) is 7.88. The number of hydrogen-bond acceptors (Lipinski definition) is 3. The number of hydrogen-bond donors (Lipinski definition) is 1. The molecule has 1 heterocycles. The van der Waals surface area contributed by atoms with E-state index >= 15 is 0 Å². The Morgan fingerprint density at radius 3 is 2.89 bits per heavy atom. The van der Waals surface area contributed by atoms with Gasteiger partial charge in [-0.1, -0.05) is 6.08 Å². The van der Waals surface area contributed by atoms with Gasteiger partial charge in [0, 0.05) is 25.6 Å². The van der Waals surface area contributed by atoms with Gasteiger partial charge in [0.05, 0.1) is 6.10 Å². The number of nitrogens with zero attached hydrogens (tertiary/aromatic N) is 1. The highest BCUT2D eigenvalue weighted by Crippen LogP contribution is 2.33. The van der Waals surface area contributed by atoms with Crippen LogP contribution in [0.1, 0.15) is 26.2 Å². The average Bonchev–Trinajstić information content (AvgIpc) is 2.37. The zero-order valence-electron chi connectivity index (χ0n) is 11.9. The largest absolute Gasteiger partial charge is 0.377 e. The SMILES string of the molecule is COC1CC=C2NC=C(CCN(C)C)CC2=C1C. The molecule has 3 nitrogen and oxygen atoms in total. The summed E-state index contributed by atoms with van der Waals surface area (Å²) in [6, 6.07) is 0. The van der Waals surface area contributed by atoms with Crippen LogP contribution in [0.5, 0.6) is 0 Å². The van der Waals surface area contributed by atoms with Crippen LogP contribution in [0.15, 0.2) is 34.7 Å². The maximum atomic E-state index is 5.53. The Balaban J connectivity index is 2.10. The Morgan fingerprint density at radius 2 is 2.22 bits per heavy atom. The average molecular weight is 248 g/mol. The molecule has 1 atom stereocenters. The quantitative estimate of drug-likeness (QED) is 0.827. The van der Waals surface area contributed by atoms with Gasteiger partial charge >= 0.3 is 0 Å². The van der Waals surface area contributed by atoms with Gasteiger partial charge < -0.3 is 15.0 Å². The van der Waals surface area contributed by atoms with Gasteiger partial charge in [-0.05, 0) is 57.0 Å². The Bertz CT molecular complexity index is 405.